The van der Waals surface area contributed by atoms with Crippen molar-refractivity contribution in [1.29, 1.82) is 0 Å². The van der Waals surface area contributed by atoms with Crippen LogP contribution >= 0.6 is 0 Å². The molecular weight excluding hydrogens is 268 g/mol. The van der Waals surface area contributed by atoms with Crippen molar-refractivity contribution < 1.29 is 14.7 Å². The predicted molar refractivity (Wildman–Crippen MR) is 78.9 cm³/mol. The molecule has 3 aliphatic rings. The summed E-state index contributed by atoms with van der Waals surface area (Å²) >= 11 is 0. The lowest BCUT2D eigenvalue weighted by atomic mass is 9.79. The fourth-order valence-corrected chi connectivity index (χ4v) is 4.43. The number of aliphatic carboxylic acids is 1. The Labute approximate surface area is 126 Å². The Morgan fingerprint density at radius 2 is 1.67 bits per heavy atom. The van der Waals surface area contributed by atoms with Gasteiger partial charge in [0.15, 0.2) is 0 Å². The van der Waals surface area contributed by atoms with E-state index in [1.807, 2.05) is 0 Å². The van der Waals surface area contributed by atoms with Crippen molar-refractivity contribution in [1.82, 2.24) is 10.2 Å². The summed E-state index contributed by atoms with van der Waals surface area (Å²) in [4.78, 5) is 25.0. The molecule has 0 bridgehead atoms. The number of rotatable bonds is 2. The number of piperidine rings is 1. The highest BCUT2D eigenvalue weighted by molar-refractivity contribution is 5.75. The minimum atomic E-state index is -0.727. The Balaban J connectivity index is 1.45. The second-order valence-corrected chi connectivity index (χ2v) is 7.01. The molecule has 5 heteroatoms. The highest BCUT2D eigenvalue weighted by Crippen LogP contribution is 2.42. The fraction of sp³-hybridized carbons (Fsp3) is 0.875. The van der Waals surface area contributed by atoms with Crippen molar-refractivity contribution in [2.45, 2.75) is 57.4 Å². The number of fused-ring (bicyclic) bond motifs is 1. The van der Waals surface area contributed by atoms with Crippen molar-refractivity contribution in [2.24, 2.45) is 17.8 Å². The van der Waals surface area contributed by atoms with Crippen molar-refractivity contribution in [3.63, 3.8) is 0 Å². The van der Waals surface area contributed by atoms with Gasteiger partial charge in [-0.1, -0.05) is 19.3 Å². The SMILES string of the molecule is O=C(O)C1CCN(C(=O)NC2CCC3CCCC3C2)CC1. The summed E-state index contributed by atoms with van der Waals surface area (Å²) in [6.07, 6.45) is 8.75. The number of nitrogens with one attached hydrogen (secondary N) is 1. The lowest BCUT2D eigenvalue weighted by Crippen LogP contribution is -2.49. The highest BCUT2D eigenvalue weighted by Gasteiger charge is 2.35. The van der Waals surface area contributed by atoms with Gasteiger partial charge in [0.05, 0.1) is 5.92 Å². The van der Waals surface area contributed by atoms with Crippen molar-refractivity contribution in [2.75, 3.05) is 13.1 Å². The van der Waals surface area contributed by atoms with Crippen LogP contribution < -0.4 is 5.32 Å². The van der Waals surface area contributed by atoms with E-state index in [4.69, 9.17) is 5.11 Å². The van der Waals surface area contributed by atoms with Gasteiger partial charge in [0, 0.05) is 19.1 Å². The Kier molecular flexibility index (Phi) is 4.36. The Morgan fingerprint density at radius 3 is 2.38 bits per heavy atom. The zero-order valence-corrected chi connectivity index (χ0v) is 12.6. The summed E-state index contributed by atoms with van der Waals surface area (Å²) in [6.45, 7) is 1.14. The lowest BCUT2D eigenvalue weighted by molar-refractivity contribution is -0.143. The first-order chi connectivity index (χ1) is 10.1. The normalized spacial score (nSPS) is 33.5. The first-order valence-electron chi connectivity index (χ1n) is 8.41. The van der Waals surface area contributed by atoms with Gasteiger partial charge < -0.3 is 15.3 Å². The predicted octanol–water partition coefficient (Wildman–Crippen LogP) is 2.46. The molecule has 5 nitrogen and oxygen atoms in total. The van der Waals surface area contributed by atoms with Gasteiger partial charge in [-0.05, 0) is 43.9 Å². The van der Waals surface area contributed by atoms with Gasteiger partial charge in [-0.25, -0.2) is 4.79 Å². The number of nitrogens with zero attached hydrogens (tertiary/aromatic N) is 1. The lowest BCUT2D eigenvalue weighted by Gasteiger charge is -2.35. The largest absolute Gasteiger partial charge is 0.481 e. The Hall–Kier alpha value is -1.26. The molecule has 1 heterocycles. The molecule has 0 aromatic rings. The van der Waals surface area contributed by atoms with Crippen LogP contribution in [0.3, 0.4) is 0 Å². The number of carboxylic acids is 1. The van der Waals surface area contributed by atoms with Gasteiger partial charge in [-0.15, -0.1) is 0 Å². The van der Waals surface area contributed by atoms with Crippen molar-refractivity contribution in [3.8, 4) is 0 Å². The van der Waals surface area contributed by atoms with Crippen LogP contribution in [0.5, 0.6) is 0 Å². The molecule has 1 aliphatic heterocycles. The van der Waals surface area contributed by atoms with Crippen LogP contribution in [-0.2, 0) is 4.79 Å². The number of likely N-dealkylation sites (tertiary alicyclic amines) is 1. The van der Waals surface area contributed by atoms with Gasteiger partial charge in [-0.3, -0.25) is 4.79 Å². The van der Waals surface area contributed by atoms with E-state index in [1.165, 1.54) is 25.7 Å². The van der Waals surface area contributed by atoms with Crippen LogP contribution in [-0.4, -0.2) is 41.1 Å². The molecule has 21 heavy (non-hydrogen) atoms. The summed E-state index contributed by atoms with van der Waals surface area (Å²) in [5.41, 5.74) is 0. The van der Waals surface area contributed by atoms with Gasteiger partial charge in [0.1, 0.15) is 0 Å². The van der Waals surface area contributed by atoms with E-state index in [2.05, 4.69) is 5.32 Å². The van der Waals surface area contributed by atoms with Gasteiger partial charge >= 0.3 is 12.0 Å². The number of hydrogen-bond donors (Lipinski definition) is 2. The molecule has 2 amide bonds. The second kappa shape index (κ2) is 6.24. The van der Waals surface area contributed by atoms with Crippen LogP contribution in [0.15, 0.2) is 0 Å². The van der Waals surface area contributed by atoms with Crippen LogP contribution in [0.1, 0.15) is 51.4 Å². The summed E-state index contributed by atoms with van der Waals surface area (Å²) < 4.78 is 0. The smallest absolute Gasteiger partial charge is 0.317 e. The number of carbonyl (C=O) groups excluding carboxylic acids is 1. The van der Waals surface area contributed by atoms with E-state index >= 15 is 0 Å². The molecule has 3 rings (SSSR count). The molecule has 0 radical (unpaired) electrons. The molecular formula is C16H26N2O3. The van der Waals surface area contributed by atoms with Crippen LogP contribution in [0, 0.1) is 17.8 Å². The van der Waals surface area contributed by atoms with Crippen LogP contribution in [0.25, 0.3) is 0 Å². The maximum absolute atomic E-state index is 12.3. The summed E-state index contributed by atoms with van der Waals surface area (Å²) in [5.74, 6) is 0.726. The zero-order chi connectivity index (χ0) is 14.8. The standard InChI is InChI=1S/C16H26N2O3/c19-15(20)12-6-8-18(9-7-12)16(21)17-14-5-4-11-2-1-3-13(11)10-14/h11-14H,1-10H2,(H,17,21)(H,19,20). The van der Waals surface area contributed by atoms with E-state index in [9.17, 15) is 9.59 Å². The summed E-state index contributed by atoms with van der Waals surface area (Å²) in [5, 5.41) is 12.2. The quantitative estimate of drug-likeness (QED) is 0.822. The third-order valence-electron chi connectivity index (χ3n) is 5.75. The van der Waals surface area contributed by atoms with E-state index in [1.54, 1.807) is 4.90 Å². The summed E-state index contributed by atoms with van der Waals surface area (Å²) in [6, 6.07) is 0.342. The molecule has 3 atom stereocenters. The maximum Gasteiger partial charge on any atom is 0.317 e. The monoisotopic (exact) mass is 294 g/mol. The van der Waals surface area contributed by atoms with Crippen LogP contribution in [0.4, 0.5) is 4.79 Å². The first kappa shape index (κ1) is 14.7. The van der Waals surface area contributed by atoms with Crippen LogP contribution in [0.2, 0.25) is 0 Å². The summed E-state index contributed by atoms with van der Waals surface area (Å²) in [7, 11) is 0. The topological polar surface area (TPSA) is 69.6 Å². The van der Waals surface area contributed by atoms with Gasteiger partial charge in [-0.2, -0.15) is 0 Å². The highest BCUT2D eigenvalue weighted by atomic mass is 16.4. The molecule has 2 N–H and O–H groups in total. The van der Waals surface area contributed by atoms with E-state index in [0.717, 1.165) is 24.7 Å². The fourth-order valence-electron chi connectivity index (χ4n) is 4.43. The molecule has 1 saturated heterocycles. The number of hydrogen-bond acceptors (Lipinski definition) is 2. The number of urea groups is 1. The maximum atomic E-state index is 12.3. The van der Waals surface area contributed by atoms with Crippen molar-refractivity contribution >= 4 is 12.0 Å². The minimum absolute atomic E-state index is 0.0142. The molecule has 3 fully saturated rings. The van der Waals surface area contributed by atoms with E-state index in [0.29, 0.717) is 32.0 Å². The average Bonchev–Trinajstić information content (AvgIpc) is 2.95. The van der Waals surface area contributed by atoms with Gasteiger partial charge in [0.25, 0.3) is 0 Å². The van der Waals surface area contributed by atoms with Gasteiger partial charge in [0.2, 0.25) is 0 Å². The molecule has 3 unspecified atom stereocenters. The third-order valence-corrected chi connectivity index (χ3v) is 5.75. The average molecular weight is 294 g/mol. The van der Waals surface area contributed by atoms with Crippen molar-refractivity contribution in [3.05, 3.63) is 0 Å². The Bertz CT molecular complexity index is 404. The third kappa shape index (κ3) is 3.33. The first-order valence-corrected chi connectivity index (χ1v) is 8.41. The zero-order valence-electron chi connectivity index (χ0n) is 12.6. The molecule has 2 saturated carbocycles. The second-order valence-electron chi connectivity index (χ2n) is 7.01. The van der Waals surface area contributed by atoms with E-state index in [-0.39, 0.29) is 11.9 Å². The molecule has 0 spiro atoms. The molecule has 0 aromatic carbocycles. The minimum Gasteiger partial charge on any atom is -0.481 e. The van der Waals surface area contributed by atoms with E-state index < -0.39 is 5.97 Å². The number of amides is 2. The molecule has 2 aliphatic carbocycles. The molecule has 0 aromatic heterocycles. The number of carboxylic acid groups (broad SMARTS) is 1. The number of carbonyl (C=O) groups is 2. The molecule has 118 valence electrons. The Morgan fingerprint density at radius 1 is 0.952 bits per heavy atom.